The molecule has 4 heteroatoms. The van der Waals surface area contributed by atoms with Gasteiger partial charge in [-0.25, -0.2) is 4.98 Å². The summed E-state index contributed by atoms with van der Waals surface area (Å²) in [5.74, 6) is 0.794. The molecule has 3 aromatic rings. The number of aromatic amines is 1. The van der Waals surface area contributed by atoms with Crippen LogP contribution in [0.15, 0.2) is 48.8 Å². The molecule has 3 rings (SSSR count). The fourth-order valence-electron chi connectivity index (χ4n) is 2.27. The molecule has 0 saturated carbocycles. The van der Waals surface area contributed by atoms with Crippen LogP contribution in [0.2, 0.25) is 0 Å². The van der Waals surface area contributed by atoms with Crippen LogP contribution < -0.4 is 0 Å². The summed E-state index contributed by atoms with van der Waals surface area (Å²) in [5, 5.41) is 0. The lowest BCUT2D eigenvalue weighted by atomic mass is 9.91. The molecule has 1 N–H and O–H groups in total. The molecule has 3 aromatic heterocycles. The van der Waals surface area contributed by atoms with Gasteiger partial charge in [-0.3, -0.25) is 9.97 Å². The van der Waals surface area contributed by atoms with Gasteiger partial charge in [-0.2, -0.15) is 0 Å². The Morgan fingerprint density at radius 1 is 1.00 bits per heavy atom. The molecular formula is C18H20N4. The predicted molar refractivity (Wildman–Crippen MR) is 87.6 cm³/mol. The fraction of sp³-hybridized carbons (Fsp3) is 0.278. The second-order valence-electron chi connectivity index (χ2n) is 6.41. The molecule has 0 unspecified atom stereocenters. The molecule has 0 saturated heterocycles. The van der Waals surface area contributed by atoms with Crippen LogP contribution in [-0.4, -0.2) is 19.9 Å². The summed E-state index contributed by atoms with van der Waals surface area (Å²) in [4.78, 5) is 16.8. The van der Waals surface area contributed by atoms with E-state index in [-0.39, 0.29) is 5.41 Å². The molecule has 3 heterocycles. The lowest BCUT2D eigenvalue weighted by molar-refractivity contribution is 0.566. The van der Waals surface area contributed by atoms with Crippen molar-refractivity contribution in [2.45, 2.75) is 32.6 Å². The molecule has 22 heavy (non-hydrogen) atoms. The number of rotatable bonds is 3. The third-order valence-corrected chi connectivity index (χ3v) is 3.48. The van der Waals surface area contributed by atoms with E-state index in [1.807, 2.05) is 24.4 Å². The smallest absolute Gasteiger partial charge is 0.156 e. The first kappa shape index (κ1) is 14.4. The predicted octanol–water partition coefficient (Wildman–Crippen LogP) is 3.76. The third kappa shape index (κ3) is 3.22. The van der Waals surface area contributed by atoms with E-state index in [2.05, 4.69) is 53.9 Å². The molecule has 0 fully saturated rings. The first-order valence-corrected chi connectivity index (χ1v) is 7.44. The molecule has 0 bridgehead atoms. The lowest BCUT2D eigenvalue weighted by Gasteiger charge is -2.18. The molecule has 0 aromatic carbocycles. The number of pyridine rings is 2. The molecule has 0 aliphatic rings. The van der Waals surface area contributed by atoms with Gasteiger partial charge < -0.3 is 4.98 Å². The Kier molecular flexibility index (Phi) is 3.75. The quantitative estimate of drug-likeness (QED) is 0.799. The zero-order chi connectivity index (χ0) is 15.6. The highest BCUT2D eigenvalue weighted by Crippen LogP contribution is 2.21. The molecule has 0 atom stereocenters. The topological polar surface area (TPSA) is 54.5 Å². The first-order valence-electron chi connectivity index (χ1n) is 7.44. The Hall–Kier alpha value is -2.49. The fourth-order valence-corrected chi connectivity index (χ4v) is 2.27. The van der Waals surface area contributed by atoms with Gasteiger partial charge in [0.15, 0.2) is 5.82 Å². The van der Waals surface area contributed by atoms with Crippen LogP contribution in [0.5, 0.6) is 0 Å². The number of aromatic nitrogens is 4. The molecular weight excluding hydrogens is 272 g/mol. The van der Waals surface area contributed by atoms with E-state index in [1.165, 1.54) is 0 Å². The van der Waals surface area contributed by atoms with Crippen molar-refractivity contribution in [3.63, 3.8) is 0 Å². The summed E-state index contributed by atoms with van der Waals surface area (Å²) in [6, 6.07) is 12.0. The van der Waals surface area contributed by atoms with Gasteiger partial charge in [-0.15, -0.1) is 0 Å². The number of nitrogens with zero attached hydrogens (tertiary/aromatic N) is 3. The van der Waals surface area contributed by atoms with Gasteiger partial charge in [0.25, 0.3) is 0 Å². The van der Waals surface area contributed by atoms with Crippen LogP contribution in [0.4, 0.5) is 0 Å². The van der Waals surface area contributed by atoms with E-state index in [4.69, 9.17) is 4.98 Å². The van der Waals surface area contributed by atoms with Crippen LogP contribution in [0.1, 0.15) is 37.9 Å². The SMILES string of the molecule is CC(C)(C)c1cccc(Cc2cnc(-c3ccccn3)[nH]2)n1. The average Bonchev–Trinajstić information content (AvgIpc) is 2.96. The Morgan fingerprint density at radius 3 is 2.59 bits per heavy atom. The van der Waals surface area contributed by atoms with Crippen molar-refractivity contribution in [3.05, 3.63) is 65.9 Å². The molecule has 4 nitrogen and oxygen atoms in total. The second kappa shape index (κ2) is 5.72. The number of hydrogen-bond donors (Lipinski definition) is 1. The maximum atomic E-state index is 4.76. The van der Waals surface area contributed by atoms with Crippen molar-refractivity contribution in [2.75, 3.05) is 0 Å². The monoisotopic (exact) mass is 292 g/mol. The highest BCUT2D eigenvalue weighted by atomic mass is 14.9. The van der Waals surface area contributed by atoms with Gasteiger partial charge in [0.2, 0.25) is 0 Å². The third-order valence-electron chi connectivity index (χ3n) is 3.48. The van der Waals surface area contributed by atoms with Crippen LogP contribution in [-0.2, 0) is 11.8 Å². The molecule has 0 spiro atoms. The van der Waals surface area contributed by atoms with E-state index < -0.39 is 0 Å². The molecule has 0 aliphatic heterocycles. The van der Waals surface area contributed by atoms with Crippen molar-refractivity contribution in [1.82, 2.24) is 19.9 Å². The van der Waals surface area contributed by atoms with Gasteiger partial charge in [-0.05, 0) is 24.3 Å². The van der Waals surface area contributed by atoms with E-state index in [9.17, 15) is 0 Å². The van der Waals surface area contributed by atoms with Gasteiger partial charge in [-0.1, -0.05) is 32.9 Å². The molecule has 0 amide bonds. The number of H-pyrrole nitrogens is 1. The maximum absolute atomic E-state index is 4.76. The highest BCUT2D eigenvalue weighted by Gasteiger charge is 2.15. The van der Waals surface area contributed by atoms with Crippen LogP contribution >= 0.6 is 0 Å². The van der Waals surface area contributed by atoms with Crippen LogP contribution in [0.3, 0.4) is 0 Å². The summed E-state index contributed by atoms with van der Waals surface area (Å²) >= 11 is 0. The Bertz CT molecular complexity index is 754. The van der Waals surface area contributed by atoms with E-state index in [0.29, 0.717) is 0 Å². The van der Waals surface area contributed by atoms with Gasteiger partial charge >= 0.3 is 0 Å². The summed E-state index contributed by atoms with van der Waals surface area (Å²) in [6.07, 6.45) is 4.37. The zero-order valence-corrected chi connectivity index (χ0v) is 13.2. The maximum Gasteiger partial charge on any atom is 0.156 e. The van der Waals surface area contributed by atoms with Crippen molar-refractivity contribution < 1.29 is 0 Å². The summed E-state index contributed by atoms with van der Waals surface area (Å²) in [6.45, 7) is 6.53. The van der Waals surface area contributed by atoms with Crippen LogP contribution in [0.25, 0.3) is 11.5 Å². The first-order chi connectivity index (χ1) is 10.5. The van der Waals surface area contributed by atoms with Gasteiger partial charge in [0.05, 0.1) is 0 Å². The Balaban J connectivity index is 1.81. The molecule has 112 valence electrons. The number of nitrogens with one attached hydrogen (secondary N) is 1. The van der Waals surface area contributed by atoms with Crippen LogP contribution in [0, 0.1) is 0 Å². The lowest BCUT2D eigenvalue weighted by Crippen LogP contribution is -2.14. The minimum atomic E-state index is 0.0586. The minimum Gasteiger partial charge on any atom is -0.340 e. The average molecular weight is 292 g/mol. The van der Waals surface area contributed by atoms with Crippen molar-refractivity contribution >= 4 is 0 Å². The van der Waals surface area contributed by atoms with Crippen molar-refractivity contribution in [3.8, 4) is 11.5 Å². The molecule has 0 radical (unpaired) electrons. The normalized spacial score (nSPS) is 11.6. The number of hydrogen-bond acceptors (Lipinski definition) is 3. The van der Waals surface area contributed by atoms with E-state index in [0.717, 1.165) is 35.0 Å². The summed E-state index contributed by atoms with van der Waals surface area (Å²) in [7, 11) is 0. The number of imidazole rings is 1. The Labute approximate surface area is 130 Å². The summed E-state index contributed by atoms with van der Waals surface area (Å²) in [5.41, 5.74) is 4.10. The largest absolute Gasteiger partial charge is 0.340 e. The Morgan fingerprint density at radius 2 is 1.86 bits per heavy atom. The van der Waals surface area contributed by atoms with Crippen molar-refractivity contribution in [1.29, 1.82) is 0 Å². The highest BCUT2D eigenvalue weighted by molar-refractivity contribution is 5.48. The summed E-state index contributed by atoms with van der Waals surface area (Å²) < 4.78 is 0. The second-order valence-corrected chi connectivity index (χ2v) is 6.41. The van der Waals surface area contributed by atoms with Gasteiger partial charge in [0, 0.05) is 41.3 Å². The van der Waals surface area contributed by atoms with Gasteiger partial charge in [0.1, 0.15) is 5.69 Å². The van der Waals surface area contributed by atoms with Crippen molar-refractivity contribution in [2.24, 2.45) is 0 Å². The van der Waals surface area contributed by atoms with E-state index >= 15 is 0 Å². The molecule has 0 aliphatic carbocycles. The van der Waals surface area contributed by atoms with E-state index in [1.54, 1.807) is 6.20 Å². The zero-order valence-electron chi connectivity index (χ0n) is 13.2. The standard InChI is InChI=1S/C18H20N4/c1-18(2,3)16-9-6-7-13(21-16)11-14-12-20-17(22-14)15-8-4-5-10-19-15/h4-10,12H,11H2,1-3H3,(H,20,22). The minimum absolute atomic E-state index is 0.0586.